The van der Waals surface area contributed by atoms with Crippen LogP contribution in [0.1, 0.15) is 18.1 Å². The lowest BCUT2D eigenvalue weighted by Crippen LogP contribution is -2.00. The molecule has 8 heteroatoms. The Bertz CT molecular complexity index is 1170. The van der Waals surface area contributed by atoms with Crippen LogP contribution in [0.3, 0.4) is 0 Å². The Balaban J connectivity index is 1.60. The van der Waals surface area contributed by atoms with Crippen molar-refractivity contribution in [3.05, 3.63) is 47.5 Å². The van der Waals surface area contributed by atoms with Gasteiger partial charge in [-0.15, -0.1) is 10.2 Å². The first kappa shape index (κ1) is 17.7. The number of aromatic nitrogens is 4. The van der Waals surface area contributed by atoms with E-state index >= 15 is 0 Å². The van der Waals surface area contributed by atoms with Crippen LogP contribution in [0.5, 0.6) is 11.5 Å². The fourth-order valence-corrected chi connectivity index (χ4v) is 3.06. The Hall–Kier alpha value is -3.68. The molecule has 2 aromatic carbocycles. The number of nitrogens with one attached hydrogen (secondary N) is 2. The molecule has 0 spiro atoms. The number of benzene rings is 2. The Morgan fingerprint density at radius 3 is 2.82 bits per heavy atom. The van der Waals surface area contributed by atoms with E-state index in [4.69, 9.17) is 9.47 Å². The normalized spacial score (nSPS) is 11.4. The van der Waals surface area contributed by atoms with Gasteiger partial charge in [0.15, 0.2) is 17.1 Å². The summed E-state index contributed by atoms with van der Waals surface area (Å²) in [6.07, 6.45) is 2.58. The van der Waals surface area contributed by atoms with E-state index in [1.54, 1.807) is 20.4 Å². The zero-order valence-corrected chi connectivity index (χ0v) is 15.9. The van der Waals surface area contributed by atoms with Crippen molar-refractivity contribution in [2.24, 2.45) is 5.10 Å². The number of para-hydroxylation sites is 1. The minimum atomic E-state index is 0.299. The second kappa shape index (κ2) is 7.51. The van der Waals surface area contributed by atoms with Crippen molar-refractivity contribution in [3.63, 3.8) is 0 Å². The molecule has 0 aliphatic heterocycles. The molecule has 0 saturated carbocycles. The monoisotopic (exact) mass is 376 g/mol. The molecule has 4 rings (SSSR count). The number of rotatable bonds is 6. The third-order valence-electron chi connectivity index (χ3n) is 4.49. The van der Waals surface area contributed by atoms with Crippen molar-refractivity contribution in [1.29, 1.82) is 0 Å². The number of hydrazone groups is 1. The predicted octanol–water partition coefficient (Wildman–Crippen LogP) is 3.53. The van der Waals surface area contributed by atoms with Gasteiger partial charge < -0.3 is 14.5 Å². The second-order valence-electron chi connectivity index (χ2n) is 6.14. The molecule has 2 N–H and O–H groups in total. The fourth-order valence-electron chi connectivity index (χ4n) is 3.06. The summed E-state index contributed by atoms with van der Waals surface area (Å²) in [7, 11) is 3.18. The van der Waals surface area contributed by atoms with Crippen molar-refractivity contribution in [2.75, 3.05) is 19.6 Å². The minimum absolute atomic E-state index is 0.299. The highest BCUT2D eigenvalue weighted by molar-refractivity contribution is 6.03. The van der Waals surface area contributed by atoms with Gasteiger partial charge in [-0.2, -0.15) is 10.1 Å². The van der Waals surface area contributed by atoms with Gasteiger partial charge in [0, 0.05) is 16.5 Å². The first-order valence-corrected chi connectivity index (χ1v) is 8.88. The third kappa shape index (κ3) is 3.20. The maximum atomic E-state index is 5.39. The first-order chi connectivity index (χ1) is 13.7. The highest BCUT2D eigenvalue weighted by Crippen LogP contribution is 2.29. The van der Waals surface area contributed by atoms with Crippen LogP contribution >= 0.6 is 0 Å². The molecule has 0 atom stereocenters. The number of fused-ring (bicyclic) bond motifs is 3. The molecule has 0 saturated heterocycles. The van der Waals surface area contributed by atoms with Gasteiger partial charge in [0.1, 0.15) is 5.52 Å². The van der Waals surface area contributed by atoms with Gasteiger partial charge in [-0.3, -0.25) is 0 Å². The van der Waals surface area contributed by atoms with E-state index < -0.39 is 0 Å². The Labute approximate surface area is 161 Å². The smallest absolute Gasteiger partial charge is 0.265 e. The van der Waals surface area contributed by atoms with E-state index in [-0.39, 0.29) is 0 Å². The number of hydrogen-bond acceptors (Lipinski definition) is 7. The van der Waals surface area contributed by atoms with Crippen molar-refractivity contribution in [3.8, 4) is 11.5 Å². The van der Waals surface area contributed by atoms with Gasteiger partial charge in [-0.05, 0) is 36.2 Å². The van der Waals surface area contributed by atoms with Crippen LogP contribution in [0.2, 0.25) is 0 Å². The number of anilines is 1. The lowest BCUT2D eigenvalue weighted by atomic mass is 10.1. The van der Waals surface area contributed by atoms with Gasteiger partial charge in [-0.1, -0.05) is 19.1 Å². The highest BCUT2D eigenvalue weighted by Gasteiger charge is 2.10. The van der Waals surface area contributed by atoms with E-state index in [1.165, 1.54) is 5.56 Å². The quantitative estimate of drug-likeness (QED) is 0.395. The van der Waals surface area contributed by atoms with Crippen LogP contribution in [0.15, 0.2) is 41.5 Å². The van der Waals surface area contributed by atoms with Gasteiger partial charge in [-0.25, -0.2) is 5.43 Å². The topological polar surface area (TPSA) is 97.3 Å². The maximum absolute atomic E-state index is 5.39. The van der Waals surface area contributed by atoms with Crippen LogP contribution in [0.4, 0.5) is 5.95 Å². The molecule has 142 valence electrons. The minimum Gasteiger partial charge on any atom is -0.493 e. The fraction of sp³-hybridized carbons (Fsp3) is 0.200. The summed E-state index contributed by atoms with van der Waals surface area (Å²) in [4.78, 5) is 7.73. The van der Waals surface area contributed by atoms with E-state index in [2.05, 4.69) is 49.7 Å². The molecule has 2 aromatic heterocycles. The molecule has 0 aliphatic carbocycles. The van der Waals surface area contributed by atoms with Crippen molar-refractivity contribution >= 4 is 34.2 Å². The number of ether oxygens (including phenoxy) is 2. The summed E-state index contributed by atoms with van der Waals surface area (Å²) in [6.45, 7) is 2.12. The van der Waals surface area contributed by atoms with E-state index in [9.17, 15) is 0 Å². The standard InChI is InChI=1S/C20H20N6O2/c1-4-12-8-9-15-14(10-12)17-19(22-15)23-20(26-24-17)25-21-11-13-6-5-7-16(27-2)18(13)28-3/h5-11H,4H2,1-3H3,(H2,22,23,25,26)/b21-11-. The molecule has 0 fully saturated rings. The molecular weight excluding hydrogens is 356 g/mol. The molecular formula is C20H20N6O2. The zero-order chi connectivity index (χ0) is 19.5. The molecule has 0 bridgehead atoms. The van der Waals surface area contributed by atoms with Crippen LogP contribution in [-0.2, 0) is 6.42 Å². The molecule has 0 amide bonds. The number of aryl methyl sites for hydroxylation is 1. The van der Waals surface area contributed by atoms with Crippen LogP contribution in [0.25, 0.3) is 22.1 Å². The number of methoxy groups -OCH3 is 2. The third-order valence-corrected chi connectivity index (χ3v) is 4.49. The molecule has 0 unspecified atom stereocenters. The van der Waals surface area contributed by atoms with E-state index in [0.717, 1.165) is 28.4 Å². The summed E-state index contributed by atoms with van der Waals surface area (Å²) >= 11 is 0. The Morgan fingerprint density at radius 1 is 1.14 bits per heavy atom. The molecule has 28 heavy (non-hydrogen) atoms. The number of nitrogens with zero attached hydrogens (tertiary/aromatic N) is 4. The number of H-pyrrole nitrogens is 1. The van der Waals surface area contributed by atoms with Crippen molar-refractivity contribution in [1.82, 2.24) is 20.2 Å². The SMILES string of the molecule is CCc1ccc2[nH]c3nc(N/N=C\c4cccc(OC)c4OC)nnc3c2c1. The predicted molar refractivity (Wildman–Crippen MR) is 109 cm³/mol. The van der Waals surface area contributed by atoms with Crippen molar-refractivity contribution < 1.29 is 9.47 Å². The molecule has 0 radical (unpaired) electrons. The van der Waals surface area contributed by atoms with Gasteiger partial charge in [0.2, 0.25) is 0 Å². The summed E-state index contributed by atoms with van der Waals surface area (Å²) in [6, 6.07) is 11.8. The van der Waals surface area contributed by atoms with Crippen molar-refractivity contribution in [2.45, 2.75) is 13.3 Å². The highest BCUT2D eigenvalue weighted by atomic mass is 16.5. The first-order valence-electron chi connectivity index (χ1n) is 8.88. The summed E-state index contributed by atoms with van der Waals surface area (Å²) < 4.78 is 10.7. The largest absolute Gasteiger partial charge is 0.493 e. The summed E-state index contributed by atoms with van der Waals surface area (Å²) in [5.74, 6) is 1.54. The average molecular weight is 376 g/mol. The summed E-state index contributed by atoms with van der Waals surface area (Å²) in [5, 5.41) is 13.7. The van der Waals surface area contributed by atoms with Gasteiger partial charge >= 0.3 is 0 Å². The van der Waals surface area contributed by atoms with Crippen LogP contribution in [0, 0.1) is 0 Å². The average Bonchev–Trinajstić information content (AvgIpc) is 3.10. The zero-order valence-electron chi connectivity index (χ0n) is 15.9. The van der Waals surface area contributed by atoms with Gasteiger partial charge in [0.05, 0.1) is 20.4 Å². The molecule has 2 heterocycles. The lowest BCUT2D eigenvalue weighted by molar-refractivity contribution is 0.354. The second-order valence-corrected chi connectivity index (χ2v) is 6.14. The van der Waals surface area contributed by atoms with Gasteiger partial charge in [0.25, 0.3) is 5.95 Å². The Kier molecular flexibility index (Phi) is 4.76. The van der Waals surface area contributed by atoms with E-state index in [0.29, 0.717) is 23.1 Å². The molecule has 8 nitrogen and oxygen atoms in total. The lowest BCUT2D eigenvalue weighted by Gasteiger charge is -2.09. The van der Waals surface area contributed by atoms with Crippen LogP contribution < -0.4 is 14.9 Å². The molecule has 4 aromatic rings. The number of aromatic amines is 1. The Morgan fingerprint density at radius 2 is 2.04 bits per heavy atom. The molecule has 0 aliphatic rings. The maximum Gasteiger partial charge on any atom is 0.265 e. The number of hydrogen-bond donors (Lipinski definition) is 2. The van der Waals surface area contributed by atoms with E-state index in [1.807, 2.05) is 24.3 Å². The van der Waals surface area contributed by atoms with Crippen LogP contribution in [-0.4, -0.2) is 40.6 Å². The summed E-state index contributed by atoms with van der Waals surface area (Å²) in [5.41, 5.74) is 7.21.